The van der Waals surface area contributed by atoms with E-state index in [1.54, 1.807) is 17.2 Å². The van der Waals surface area contributed by atoms with Gasteiger partial charge in [-0.25, -0.2) is 9.97 Å². The minimum absolute atomic E-state index is 0.180. The van der Waals surface area contributed by atoms with E-state index in [2.05, 4.69) is 24.9 Å². The number of primary amides is 1. The second-order valence-corrected chi connectivity index (χ2v) is 8.32. The summed E-state index contributed by atoms with van der Waals surface area (Å²) < 4.78 is 1.75. The molecule has 1 unspecified atom stereocenters. The summed E-state index contributed by atoms with van der Waals surface area (Å²) in [5.74, 6) is 1.27. The van der Waals surface area contributed by atoms with Crippen molar-refractivity contribution >= 4 is 28.7 Å². The molecule has 30 heavy (non-hydrogen) atoms. The van der Waals surface area contributed by atoms with Gasteiger partial charge in [-0.15, -0.1) is 0 Å². The maximum Gasteiger partial charge on any atom is 0.236 e. The summed E-state index contributed by atoms with van der Waals surface area (Å²) in [6, 6.07) is 0. The third-order valence-electron chi connectivity index (χ3n) is 6.20. The summed E-state index contributed by atoms with van der Waals surface area (Å²) in [5.41, 5.74) is 6.09. The summed E-state index contributed by atoms with van der Waals surface area (Å²) in [6.07, 6.45) is 6.80. The van der Waals surface area contributed by atoms with Crippen LogP contribution in [0.4, 0.5) is 5.82 Å². The van der Waals surface area contributed by atoms with E-state index >= 15 is 0 Å². The molecule has 0 aromatic carbocycles. The summed E-state index contributed by atoms with van der Waals surface area (Å²) in [7, 11) is 1.87. The Kier molecular flexibility index (Phi) is 6.12. The van der Waals surface area contributed by atoms with Gasteiger partial charge in [0.05, 0.1) is 18.1 Å². The first-order valence-corrected chi connectivity index (χ1v) is 10.7. The second kappa shape index (κ2) is 8.95. The predicted octanol–water partition coefficient (Wildman–Crippen LogP) is -0.0106. The molecule has 0 bridgehead atoms. The van der Waals surface area contributed by atoms with E-state index in [9.17, 15) is 9.59 Å². The van der Waals surface area contributed by atoms with Gasteiger partial charge in [-0.3, -0.25) is 19.2 Å². The molecule has 2 aliphatic heterocycles. The number of hydrogen-bond acceptors (Lipinski definition) is 7. The number of carbonyl (C=O) groups is 2. The van der Waals surface area contributed by atoms with Crippen LogP contribution < -0.4 is 10.6 Å². The van der Waals surface area contributed by atoms with Gasteiger partial charge in [0.15, 0.2) is 5.65 Å². The lowest BCUT2D eigenvalue weighted by molar-refractivity contribution is -0.133. The highest BCUT2D eigenvalue weighted by Crippen LogP contribution is 2.24. The Morgan fingerprint density at radius 1 is 1.17 bits per heavy atom. The topological polar surface area (TPSA) is 113 Å². The number of amides is 2. The number of carbonyl (C=O) groups excluding carboxylic acids is 2. The van der Waals surface area contributed by atoms with Crippen LogP contribution in [0, 0.1) is 5.92 Å². The molecule has 0 spiro atoms. The van der Waals surface area contributed by atoms with Crippen LogP contribution in [-0.2, 0) is 16.6 Å². The molecule has 0 radical (unpaired) electrons. The van der Waals surface area contributed by atoms with Gasteiger partial charge in [-0.05, 0) is 31.7 Å². The smallest absolute Gasteiger partial charge is 0.236 e. The minimum atomic E-state index is -0.242. The Balaban J connectivity index is 1.29. The van der Waals surface area contributed by atoms with Gasteiger partial charge in [0.1, 0.15) is 12.1 Å². The summed E-state index contributed by atoms with van der Waals surface area (Å²) in [6.45, 7) is 5.13. The number of aryl methyl sites for hydroxylation is 1. The van der Waals surface area contributed by atoms with Crippen LogP contribution in [0.25, 0.3) is 11.0 Å². The molecule has 4 heterocycles. The lowest BCUT2D eigenvalue weighted by Crippen LogP contribution is -2.52. The maximum atomic E-state index is 12.9. The Labute approximate surface area is 176 Å². The van der Waals surface area contributed by atoms with Gasteiger partial charge < -0.3 is 15.5 Å². The quantitative estimate of drug-likeness (QED) is 0.707. The van der Waals surface area contributed by atoms with E-state index in [-0.39, 0.29) is 11.8 Å². The third-order valence-corrected chi connectivity index (χ3v) is 6.20. The number of likely N-dealkylation sites (tertiary alicyclic amines) is 1. The molecule has 4 rings (SSSR count). The molecule has 0 aliphatic carbocycles. The summed E-state index contributed by atoms with van der Waals surface area (Å²) in [5, 5.41) is 5.22. The van der Waals surface area contributed by atoms with Crippen molar-refractivity contribution in [3.8, 4) is 0 Å². The molecule has 0 saturated carbocycles. The van der Waals surface area contributed by atoms with E-state index in [1.165, 1.54) is 0 Å². The van der Waals surface area contributed by atoms with Crippen molar-refractivity contribution in [2.75, 3.05) is 50.7 Å². The first-order chi connectivity index (χ1) is 14.5. The SMILES string of the molecule is Cn1ncc2c(N3CCN(C(=O)CN4CCCC(CCC(N)=O)C4)CC3)ncnc21. The second-order valence-electron chi connectivity index (χ2n) is 8.32. The van der Waals surface area contributed by atoms with Crippen LogP contribution in [-0.4, -0.2) is 87.2 Å². The summed E-state index contributed by atoms with van der Waals surface area (Å²) in [4.78, 5) is 39.0. The van der Waals surface area contributed by atoms with Crippen molar-refractivity contribution in [1.29, 1.82) is 0 Å². The van der Waals surface area contributed by atoms with Crippen molar-refractivity contribution in [3.63, 3.8) is 0 Å². The van der Waals surface area contributed by atoms with E-state index < -0.39 is 0 Å². The molecule has 2 N–H and O–H groups in total. The standard InChI is InChI=1S/C20H30N8O2/c1-25-19-16(11-24-25)20(23-14-22-19)28-9-7-27(8-10-28)18(30)13-26-6-2-3-15(12-26)4-5-17(21)29/h11,14-15H,2-10,12-13H2,1H3,(H2,21,29). The van der Waals surface area contributed by atoms with Crippen LogP contribution in [0.3, 0.4) is 0 Å². The number of fused-ring (bicyclic) bond motifs is 1. The summed E-state index contributed by atoms with van der Waals surface area (Å²) >= 11 is 0. The molecule has 2 aromatic heterocycles. The van der Waals surface area contributed by atoms with Crippen molar-refractivity contribution < 1.29 is 9.59 Å². The Morgan fingerprint density at radius 3 is 2.73 bits per heavy atom. The fraction of sp³-hybridized carbons (Fsp3) is 0.650. The normalized spacial score (nSPS) is 20.6. The molecule has 10 heteroatoms. The molecule has 2 aromatic rings. The van der Waals surface area contributed by atoms with Crippen LogP contribution in [0.1, 0.15) is 25.7 Å². The lowest BCUT2D eigenvalue weighted by atomic mass is 9.93. The molecule has 2 fully saturated rings. The van der Waals surface area contributed by atoms with Crippen LogP contribution in [0.15, 0.2) is 12.5 Å². The van der Waals surface area contributed by atoms with Crippen molar-refractivity contribution in [3.05, 3.63) is 12.5 Å². The molecule has 2 amide bonds. The molecule has 162 valence electrons. The van der Waals surface area contributed by atoms with E-state index in [0.717, 1.165) is 62.3 Å². The number of rotatable bonds is 6. The van der Waals surface area contributed by atoms with Crippen LogP contribution in [0.5, 0.6) is 0 Å². The number of hydrogen-bond donors (Lipinski definition) is 1. The van der Waals surface area contributed by atoms with Gasteiger partial charge in [-0.1, -0.05) is 0 Å². The predicted molar refractivity (Wildman–Crippen MR) is 113 cm³/mol. The monoisotopic (exact) mass is 414 g/mol. The zero-order valence-corrected chi connectivity index (χ0v) is 17.5. The van der Waals surface area contributed by atoms with Gasteiger partial charge in [-0.2, -0.15) is 5.10 Å². The maximum absolute atomic E-state index is 12.9. The molecule has 1 atom stereocenters. The van der Waals surface area contributed by atoms with Crippen molar-refractivity contribution in [1.82, 2.24) is 29.5 Å². The number of piperazine rings is 1. The average Bonchev–Trinajstić information content (AvgIpc) is 3.14. The number of aromatic nitrogens is 4. The Bertz CT molecular complexity index is 905. The Morgan fingerprint density at radius 2 is 1.97 bits per heavy atom. The van der Waals surface area contributed by atoms with Crippen molar-refractivity contribution in [2.45, 2.75) is 25.7 Å². The molecule has 2 aliphatic rings. The highest BCUT2D eigenvalue weighted by Gasteiger charge is 2.27. The molecular formula is C20H30N8O2. The third kappa shape index (κ3) is 4.53. The van der Waals surface area contributed by atoms with E-state index in [4.69, 9.17) is 5.73 Å². The molecular weight excluding hydrogens is 384 g/mol. The lowest BCUT2D eigenvalue weighted by Gasteiger charge is -2.38. The average molecular weight is 415 g/mol. The molecule has 10 nitrogen and oxygen atoms in total. The number of anilines is 1. The zero-order chi connectivity index (χ0) is 21.1. The largest absolute Gasteiger partial charge is 0.370 e. The van der Waals surface area contributed by atoms with Gasteiger partial charge >= 0.3 is 0 Å². The van der Waals surface area contributed by atoms with Gasteiger partial charge in [0, 0.05) is 46.2 Å². The first-order valence-electron chi connectivity index (χ1n) is 10.7. The fourth-order valence-electron chi connectivity index (χ4n) is 4.54. The van der Waals surface area contributed by atoms with Crippen LogP contribution >= 0.6 is 0 Å². The zero-order valence-electron chi connectivity index (χ0n) is 17.5. The Hall–Kier alpha value is -2.75. The first kappa shape index (κ1) is 20.5. The number of piperidine rings is 1. The van der Waals surface area contributed by atoms with Gasteiger partial charge in [0.25, 0.3) is 0 Å². The number of nitrogens with zero attached hydrogens (tertiary/aromatic N) is 7. The van der Waals surface area contributed by atoms with Crippen molar-refractivity contribution in [2.24, 2.45) is 18.7 Å². The van der Waals surface area contributed by atoms with E-state index in [1.807, 2.05) is 11.9 Å². The fourth-order valence-corrected chi connectivity index (χ4v) is 4.54. The highest BCUT2D eigenvalue weighted by molar-refractivity contribution is 5.87. The van der Waals surface area contributed by atoms with Gasteiger partial charge in [0.2, 0.25) is 11.8 Å². The van der Waals surface area contributed by atoms with E-state index in [0.29, 0.717) is 32.0 Å². The minimum Gasteiger partial charge on any atom is -0.370 e. The highest BCUT2D eigenvalue weighted by atomic mass is 16.2. The number of nitrogens with two attached hydrogens (primary N) is 1. The molecule has 2 saturated heterocycles. The van der Waals surface area contributed by atoms with Crippen LogP contribution in [0.2, 0.25) is 0 Å².